The Hall–Kier alpha value is -2.37. The van der Waals surface area contributed by atoms with Gasteiger partial charge in [-0.3, -0.25) is 9.69 Å². The van der Waals surface area contributed by atoms with Gasteiger partial charge in [-0.25, -0.2) is 0 Å². The molecule has 3 fully saturated rings. The molecule has 37 heavy (non-hydrogen) atoms. The number of piperazine rings is 1. The van der Waals surface area contributed by atoms with E-state index in [9.17, 15) is 4.79 Å². The minimum Gasteiger partial charge on any atom is -0.382 e. The molecule has 0 bridgehead atoms. The highest BCUT2D eigenvalue weighted by molar-refractivity contribution is 5.94. The Labute approximate surface area is 224 Å². The largest absolute Gasteiger partial charge is 0.382 e. The number of hydrogen-bond acceptors (Lipinski definition) is 4. The molecule has 1 atom stereocenters. The van der Waals surface area contributed by atoms with Crippen molar-refractivity contribution in [1.29, 1.82) is 0 Å². The van der Waals surface area contributed by atoms with Gasteiger partial charge in [0.2, 0.25) is 0 Å². The molecule has 1 amide bonds. The zero-order valence-corrected chi connectivity index (χ0v) is 23.0. The number of nitrogens with one attached hydrogen (secondary N) is 1. The van der Waals surface area contributed by atoms with Gasteiger partial charge < -0.3 is 15.1 Å². The van der Waals surface area contributed by atoms with Crippen LogP contribution in [0.25, 0.3) is 0 Å². The predicted molar refractivity (Wildman–Crippen MR) is 153 cm³/mol. The lowest BCUT2D eigenvalue weighted by molar-refractivity contribution is 0.0773. The van der Waals surface area contributed by atoms with Gasteiger partial charge in [0.25, 0.3) is 5.91 Å². The molecule has 5 nitrogen and oxygen atoms in total. The first kappa shape index (κ1) is 26.2. The standard InChI is InChI=1S/C32H46N4O/c1-3-35(4-2)32(37)27-17-15-26(16-18-27)31(36-21-19-34(20-22-36)24-25-13-14-25)28-9-8-12-30(23-28)33-29-10-6-5-7-11-29/h8-9,12,15-18,23,25,29,31,33H,3-7,10-11,13-14,19-22,24H2,1-2H3/t31-/m0/s1. The average molecular weight is 503 g/mol. The van der Waals surface area contributed by atoms with Crippen molar-refractivity contribution in [2.24, 2.45) is 5.92 Å². The van der Waals surface area contributed by atoms with Crippen LogP contribution in [0.4, 0.5) is 5.69 Å². The topological polar surface area (TPSA) is 38.8 Å². The molecule has 1 aliphatic heterocycles. The highest BCUT2D eigenvalue weighted by Crippen LogP contribution is 2.34. The second-order valence-corrected chi connectivity index (χ2v) is 11.4. The van der Waals surface area contributed by atoms with Crippen molar-refractivity contribution in [3.05, 3.63) is 65.2 Å². The molecule has 2 aromatic rings. The third-order valence-corrected chi connectivity index (χ3v) is 8.69. The molecule has 3 aliphatic rings. The van der Waals surface area contributed by atoms with Crippen LogP contribution in [-0.2, 0) is 0 Å². The second kappa shape index (κ2) is 12.4. The van der Waals surface area contributed by atoms with Gasteiger partial charge in [-0.05, 0) is 80.8 Å². The van der Waals surface area contributed by atoms with Crippen LogP contribution in [0.3, 0.4) is 0 Å². The van der Waals surface area contributed by atoms with E-state index in [4.69, 9.17) is 0 Å². The molecule has 0 unspecified atom stereocenters. The second-order valence-electron chi connectivity index (χ2n) is 11.4. The normalized spacial score (nSPS) is 20.5. The van der Waals surface area contributed by atoms with Crippen molar-refractivity contribution in [3.63, 3.8) is 0 Å². The molecular weight excluding hydrogens is 456 g/mol. The van der Waals surface area contributed by atoms with E-state index >= 15 is 0 Å². The first-order valence-corrected chi connectivity index (χ1v) is 14.9. The molecule has 5 heteroatoms. The monoisotopic (exact) mass is 502 g/mol. The average Bonchev–Trinajstić information content (AvgIpc) is 3.76. The smallest absolute Gasteiger partial charge is 0.253 e. The van der Waals surface area contributed by atoms with Crippen molar-refractivity contribution in [2.45, 2.75) is 70.9 Å². The van der Waals surface area contributed by atoms with Gasteiger partial charge in [-0.15, -0.1) is 0 Å². The fourth-order valence-corrected chi connectivity index (χ4v) is 6.27. The first-order chi connectivity index (χ1) is 18.1. The maximum atomic E-state index is 12.9. The summed E-state index contributed by atoms with van der Waals surface area (Å²) in [6.07, 6.45) is 9.44. The van der Waals surface area contributed by atoms with E-state index in [1.165, 1.54) is 68.3 Å². The van der Waals surface area contributed by atoms with Gasteiger partial charge >= 0.3 is 0 Å². The highest BCUT2D eigenvalue weighted by Gasteiger charge is 2.30. The van der Waals surface area contributed by atoms with Gasteiger partial charge in [0.05, 0.1) is 6.04 Å². The van der Waals surface area contributed by atoms with Crippen molar-refractivity contribution in [3.8, 4) is 0 Å². The number of anilines is 1. The Morgan fingerprint density at radius 2 is 1.59 bits per heavy atom. The maximum Gasteiger partial charge on any atom is 0.253 e. The van der Waals surface area contributed by atoms with Gasteiger partial charge in [0.1, 0.15) is 0 Å². The molecular formula is C32H46N4O. The summed E-state index contributed by atoms with van der Waals surface area (Å²) in [6, 6.07) is 18.4. The van der Waals surface area contributed by atoms with E-state index in [0.29, 0.717) is 6.04 Å². The van der Waals surface area contributed by atoms with Crippen molar-refractivity contribution in [2.75, 3.05) is 51.1 Å². The molecule has 0 spiro atoms. The van der Waals surface area contributed by atoms with E-state index < -0.39 is 0 Å². The molecule has 200 valence electrons. The summed E-state index contributed by atoms with van der Waals surface area (Å²) in [4.78, 5) is 20.1. The molecule has 0 aromatic heterocycles. The number of rotatable bonds is 10. The summed E-state index contributed by atoms with van der Waals surface area (Å²) in [5.41, 5.74) is 4.66. The van der Waals surface area contributed by atoms with Crippen LogP contribution in [0.5, 0.6) is 0 Å². The summed E-state index contributed by atoms with van der Waals surface area (Å²) >= 11 is 0. The number of amides is 1. The van der Waals surface area contributed by atoms with E-state index in [1.54, 1.807) is 0 Å². The molecule has 2 saturated carbocycles. The molecule has 2 aromatic carbocycles. The van der Waals surface area contributed by atoms with Crippen LogP contribution in [0.1, 0.15) is 86.3 Å². The third-order valence-electron chi connectivity index (χ3n) is 8.69. The van der Waals surface area contributed by atoms with E-state index in [-0.39, 0.29) is 11.9 Å². The van der Waals surface area contributed by atoms with Crippen LogP contribution in [0, 0.1) is 5.92 Å². The van der Waals surface area contributed by atoms with Crippen molar-refractivity contribution in [1.82, 2.24) is 14.7 Å². The van der Waals surface area contributed by atoms with E-state index in [0.717, 1.165) is 50.7 Å². The van der Waals surface area contributed by atoms with Gasteiger partial charge in [0.15, 0.2) is 0 Å². The van der Waals surface area contributed by atoms with E-state index in [1.807, 2.05) is 30.9 Å². The lowest BCUT2D eigenvalue weighted by Gasteiger charge is -2.40. The quantitative estimate of drug-likeness (QED) is 0.431. The fourth-order valence-electron chi connectivity index (χ4n) is 6.27. The fraction of sp³-hybridized carbons (Fsp3) is 0.594. The number of benzene rings is 2. The Kier molecular flexibility index (Phi) is 8.83. The molecule has 5 rings (SSSR count). The molecule has 0 radical (unpaired) electrons. The molecule has 2 aliphatic carbocycles. The predicted octanol–water partition coefficient (Wildman–Crippen LogP) is 6.03. The van der Waals surface area contributed by atoms with Crippen LogP contribution >= 0.6 is 0 Å². The Balaban J connectivity index is 1.37. The Bertz CT molecular complexity index is 1000. The van der Waals surface area contributed by atoms with Gasteiger partial charge in [-0.1, -0.05) is 43.5 Å². The lowest BCUT2D eigenvalue weighted by Crippen LogP contribution is -2.48. The minimum absolute atomic E-state index is 0.125. The molecule has 1 heterocycles. The Morgan fingerprint density at radius 3 is 2.24 bits per heavy atom. The van der Waals surface area contributed by atoms with E-state index in [2.05, 4.69) is 51.5 Å². The molecule has 1 N–H and O–H groups in total. The minimum atomic E-state index is 0.125. The van der Waals surface area contributed by atoms with Crippen molar-refractivity contribution >= 4 is 11.6 Å². The summed E-state index contributed by atoms with van der Waals surface area (Å²) in [5, 5.41) is 3.84. The number of nitrogens with zero attached hydrogens (tertiary/aromatic N) is 3. The third kappa shape index (κ3) is 6.74. The highest BCUT2D eigenvalue weighted by atomic mass is 16.2. The summed E-state index contributed by atoms with van der Waals surface area (Å²) in [7, 11) is 0. The zero-order valence-electron chi connectivity index (χ0n) is 23.0. The SMILES string of the molecule is CCN(CC)C(=O)c1ccc([C@@H](c2cccc(NC3CCCCC3)c2)N2CCN(CC3CC3)CC2)cc1. The van der Waals surface area contributed by atoms with Crippen LogP contribution in [-0.4, -0.2) is 72.5 Å². The Morgan fingerprint density at radius 1 is 0.892 bits per heavy atom. The molecule has 1 saturated heterocycles. The number of hydrogen-bond donors (Lipinski definition) is 1. The zero-order chi connectivity index (χ0) is 25.6. The maximum absolute atomic E-state index is 12.9. The number of carbonyl (C=O) groups is 1. The van der Waals surface area contributed by atoms with Crippen LogP contribution in [0.2, 0.25) is 0 Å². The van der Waals surface area contributed by atoms with Crippen molar-refractivity contribution < 1.29 is 4.79 Å². The number of carbonyl (C=O) groups excluding carboxylic acids is 1. The summed E-state index contributed by atoms with van der Waals surface area (Å²) in [5.74, 6) is 1.07. The summed E-state index contributed by atoms with van der Waals surface area (Å²) in [6.45, 7) is 11.3. The lowest BCUT2D eigenvalue weighted by atomic mass is 9.93. The van der Waals surface area contributed by atoms with Gasteiger partial charge in [0, 0.05) is 63.1 Å². The van der Waals surface area contributed by atoms with Gasteiger partial charge in [-0.2, -0.15) is 0 Å². The van der Waals surface area contributed by atoms with Crippen LogP contribution in [0.15, 0.2) is 48.5 Å². The van der Waals surface area contributed by atoms with Crippen LogP contribution < -0.4 is 5.32 Å². The first-order valence-electron chi connectivity index (χ1n) is 14.9. The summed E-state index contributed by atoms with van der Waals surface area (Å²) < 4.78 is 0.